The van der Waals surface area contributed by atoms with E-state index in [1.165, 1.54) is 6.33 Å². The van der Waals surface area contributed by atoms with Crippen LogP contribution in [0, 0.1) is 12.7 Å². The van der Waals surface area contributed by atoms with Crippen LogP contribution in [0.1, 0.15) is 16.1 Å². The van der Waals surface area contributed by atoms with Crippen LogP contribution in [0.25, 0.3) is 33.2 Å². The smallest absolute Gasteiger partial charge is 0.253 e. The Labute approximate surface area is 206 Å². The molecule has 1 aliphatic rings. The first-order valence-electron chi connectivity index (χ1n) is 11.8. The number of piperazine rings is 1. The second-order valence-corrected chi connectivity index (χ2v) is 9.19. The van der Waals surface area contributed by atoms with Gasteiger partial charge in [0, 0.05) is 54.0 Å². The number of nitrogens with zero attached hydrogens (tertiary/aromatic N) is 4. The number of rotatable bonds is 4. The maximum absolute atomic E-state index is 15.1. The molecular weight excluding hydrogens is 459 g/mol. The highest BCUT2D eigenvalue weighted by Crippen LogP contribution is 2.34. The van der Waals surface area contributed by atoms with Gasteiger partial charge in [0.15, 0.2) is 11.6 Å². The van der Waals surface area contributed by atoms with Crippen LogP contribution >= 0.6 is 0 Å². The van der Waals surface area contributed by atoms with Crippen LogP contribution < -0.4 is 4.74 Å². The molecule has 2 N–H and O–H groups in total. The van der Waals surface area contributed by atoms with Gasteiger partial charge in [-0.15, -0.1) is 0 Å². The molecular formula is C27H25FN6O2. The number of halogens is 1. The third kappa shape index (κ3) is 3.97. The molecule has 1 amide bonds. The Morgan fingerprint density at radius 1 is 0.972 bits per heavy atom. The number of hydrogen-bond acceptors (Lipinski definition) is 5. The molecule has 36 heavy (non-hydrogen) atoms. The molecule has 1 aliphatic heterocycles. The van der Waals surface area contributed by atoms with E-state index in [1.54, 1.807) is 18.2 Å². The van der Waals surface area contributed by atoms with Gasteiger partial charge in [-0.1, -0.05) is 12.1 Å². The summed E-state index contributed by atoms with van der Waals surface area (Å²) in [7, 11) is 2.07. The number of aromatic nitrogens is 4. The summed E-state index contributed by atoms with van der Waals surface area (Å²) < 4.78 is 21.0. The highest BCUT2D eigenvalue weighted by Gasteiger charge is 2.21. The van der Waals surface area contributed by atoms with Crippen molar-refractivity contribution in [1.82, 2.24) is 29.7 Å². The van der Waals surface area contributed by atoms with Crippen molar-refractivity contribution in [2.75, 3.05) is 33.2 Å². The lowest BCUT2D eigenvalue weighted by Crippen LogP contribution is -2.47. The van der Waals surface area contributed by atoms with Crippen molar-refractivity contribution in [3.8, 4) is 22.9 Å². The Morgan fingerprint density at radius 2 is 1.75 bits per heavy atom. The summed E-state index contributed by atoms with van der Waals surface area (Å²) in [6, 6.07) is 14.5. The average Bonchev–Trinajstić information content (AvgIpc) is 3.50. The van der Waals surface area contributed by atoms with Crippen LogP contribution in [0.5, 0.6) is 11.6 Å². The molecule has 0 radical (unpaired) electrons. The average molecular weight is 485 g/mol. The summed E-state index contributed by atoms with van der Waals surface area (Å²) in [6.07, 6.45) is 1.38. The van der Waals surface area contributed by atoms with E-state index >= 15 is 4.39 Å². The maximum atomic E-state index is 15.1. The summed E-state index contributed by atoms with van der Waals surface area (Å²) in [6.45, 7) is 5.11. The van der Waals surface area contributed by atoms with Gasteiger partial charge in [0.1, 0.15) is 12.0 Å². The molecule has 9 heteroatoms. The standard InChI is InChI=1S/C27H25FN6O2/c1-16-13-19-21(31-16)7-8-23(24(19)28)36-26-20-14-22(32-25(20)29-15-30-26)17-3-5-18(6-4-17)27(35)34-11-9-33(2)10-12-34/h3-8,13-15,31H,9-12H2,1-2H3,(H,29,30,32). The van der Waals surface area contributed by atoms with Crippen LogP contribution in [0.2, 0.25) is 0 Å². The topological polar surface area (TPSA) is 90.1 Å². The molecule has 0 atom stereocenters. The molecule has 0 bridgehead atoms. The Kier molecular flexibility index (Phi) is 5.41. The zero-order valence-electron chi connectivity index (χ0n) is 20.0. The molecule has 0 spiro atoms. The predicted molar refractivity (Wildman–Crippen MR) is 136 cm³/mol. The van der Waals surface area contributed by atoms with Gasteiger partial charge in [-0.25, -0.2) is 14.4 Å². The van der Waals surface area contributed by atoms with Crippen molar-refractivity contribution in [1.29, 1.82) is 0 Å². The van der Waals surface area contributed by atoms with Gasteiger partial charge in [0.25, 0.3) is 5.91 Å². The second kappa shape index (κ2) is 8.76. The third-order valence-electron chi connectivity index (χ3n) is 6.67. The molecule has 8 nitrogen and oxygen atoms in total. The van der Waals surface area contributed by atoms with Crippen molar-refractivity contribution < 1.29 is 13.9 Å². The SMILES string of the molecule is Cc1cc2c(F)c(Oc3ncnc4[nH]c(-c5ccc(C(=O)N6CCN(C)CC6)cc5)cc34)ccc2[nH]1. The Balaban J connectivity index is 1.27. The number of carbonyl (C=O) groups is 1. The quantitative estimate of drug-likeness (QED) is 0.385. The summed E-state index contributed by atoms with van der Waals surface area (Å²) in [4.78, 5) is 31.9. The van der Waals surface area contributed by atoms with Crippen LogP contribution in [0.4, 0.5) is 4.39 Å². The number of likely N-dealkylation sites (N-methyl/N-ethyl adjacent to an activating group) is 1. The zero-order chi connectivity index (χ0) is 24.8. The highest BCUT2D eigenvalue weighted by atomic mass is 19.1. The third-order valence-corrected chi connectivity index (χ3v) is 6.67. The fourth-order valence-electron chi connectivity index (χ4n) is 4.61. The van der Waals surface area contributed by atoms with Crippen molar-refractivity contribution >= 4 is 27.8 Å². The number of carbonyl (C=O) groups excluding carboxylic acids is 1. The number of hydrogen-bond donors (Lipinski definition) is 2. The molecule has 1 fully saturated rings. The summed E-state index contributed by atoms with van der Waals surface area (Å²) in [5, 5.41) is 1.10. The number of fused-ring (bicyclic) bond motifs is 2. The molecule has 6 rings (SSSR count). The van der Waals surface area contributed by atoms with Gasteiger partial charge in [-0.2, -0.15) is 0 Å². The molecule has 182 valence electrons. The van der Waals surface area contributed by atoms with E-state index < -0.39 is 5.82 Å². The van der Waals surface area contributed by atoms with E-state index in [-0.39, 0.29) is 17.5 Å². The minimum atomic E-state index is -0.444. The number of ether oxygens (including phenoxy) is 1. The van der Waals surface area contributed by atoms with E-state index in [0.717, 1.165) is 43.1 Å². The van der Waals surface area contributed by atoms with Gasteiger partial charge in [-0.3, -0.25) is 4.79 Å². The fraction of sp³-hybridized carbons (Fsp3) is 0.222. The number of aryl methyl sites for hydroxylation is 1. The second-order valence-electron chi connectivity index (χ2n) is 9.19. The van der Waals surface area contributed by atoms with Gasteiger partial charge in [0.05, 0.1) is 5.39 Å². The Bertz CT molecular complexity index is 1580. The van der Waals surface area contributed by atoms with Gasteiger partial charge in [-0.05, 0) is 55.9 Å². The van der Waals surface area contributed by atoms with Crippen LogP contribution in [0.15, 0.2) is 54.9 Å². The van der Waals surface area contributed by atoms with E-state index in [2.05, 4.69) is 31.9 Å². The maximum Gasteiger partial charge on any atom is 0.253 e. The first-order valence-corrected chi connectivity index (χ1v) is 11.8. The number of nitrogens with one attached hydrogen (secondary N) is 2. The van der Waals surface area contributed by atoms with E-state index in [0.29, 0.717) is 27.5 Å². The van der Waals surface area contributed by atoms with Crippen molar-refractivity contribution in [2.24, 2.45) is 0 Å². The first-order chi connectivity index (χ1) is 17.5. The number of benzene rings is 2. The van der Waals surface area contributed by atoms with Crippen LogP contribution in [0.3, 0.4) is 0 Å². The van der Waals surface area contributed by atoms with Crippen molar-refractivity contribution in [3.05, 3.63) is 71.9 Å². The van der Waals surface area contributed by atoms with Crippen molar-refractivity contribution in [3.63, 3.8) is 0 Å². The molecule has 2 aromatic carbocycles. The first kappa shape index (κ1) is 22.2. The van der Waals surface area contributed by atoms with Crippen LogP contribution in [-0.4, -0.2) is 68.9 Å². The molecule has 1 saturated heterocycles. The summed E-state index contributed by atoms with van der Waals surface area (Å²) >= 11 is 0. The predicted octanol–water partition coefficient (Wildman–Crippen LogP) is 4.73. The number of H-pyrrole nitrogens is 2. The minimum absolute atomic E-state index is 0.0458. The lowest BCUT2D eigenvalue weighted by Gasteiger charge is -2.32. The van der Waals surface area contributed by atoms with E-state index in [9.17, 15) is 4.79 Å². The fourth-order valence-corrected chi connectivity index (χ4v) is 4.61. The molecule has 5 aromatic rings. The molecule has 0 aliphatic carbocycles. The molecule has 3 aromatic heterocycles. The monoisotopic (exact) mass is 484 g/mol. The number of aromatic amines is 2. The lowest BCUT2D eigenvalue weighted by molar-refractivity contribution is 0.0664. The summed E-state index contributed by atoms with van der Waals surface area (Å²) in [5.41, 5.74) is 4.51. The van der Waals surface area contributed by atoms with Crippen molar-refractivity contribution in [2.45, 2.75) is 6.92 Å². The van der Waals surface area contributed by atoms with Crippen LogP contribution in [-0.2, 0) is 0 Å². The van der Waals surface area contributed by atoms with Gasteiger partial charge < -0.3 is 24.5 Å². The molecule has 0 unspecified atom stereocenters. The largest absolute Gasteiger partial charge is 0.435 e. The van der Waals surface area contributed by atoms with E-state index in [1.807, 2.05) is 42.2 Å². The minimum Gasteiger partial charge on any atom is -0.435 e. The van der Waals surface area contributed by atoms with E-state index in [4.69, 9.17) is 4.74 Å². The molecule has 0 saturated carbocycles. The normalized spacial score (nSPS) is 14.6. The zero-order valence-corrected chi connectivity index (χ0v) is 20.0. The van der Waals surface area contributed by atoms with Gasteiger partial charge in [0.2, 0.25) is 5.88 Å². The lowest BCUT2D eigenvalue weighted by atomic mass is 10.1. The highest BCUT2D eigenvalue weighted by molar-refractivity contribution is 5.95. The Morgan fingerprint density at radius 3 is 2.53 bits per heavy atom. The summed E-state index contributed by atoms with van der Waals surface area (Å²) in [5.74, 6) is -0.0460. The van der Waals surface area contributed by atoms with Gasteiger partial charge >= 0.3 is 0 Å². The Hall–Kier alpha value is -4.24. The number of amides is 1. The molecule has 4 heterocycles.